The summed E-state index contributed by atoms with van der Waals surface area (Å²) in [6.45, 7) is 0.239. The molecule has 0 spiro atoms. The fourth-order valence-electron chi connectivity index (χ4n) is 1.32. The van der Waals surface area contributed by atoms with Crippen molar-refractivity contribution in [3.63, 3.8) is 0 Å². The Morgan fingerprint density at radius 1 is 1.47 bits per heavy atom. The van der Waals surface area contributed by atoms with Gasteiger partial charge in [-0.3, -0.25) is 4.79 Å². The van der Waals surface area contributed by atoms with E-state index in [1.54, 1.807) is 12.1 Å². The van der Waals surface area contributed by atoms with E-state index in [4.69, 9.17) is 22.0 Å². The summed E-state index contributed by atoms with van der Waals surface area (Å²) in [5, 5.41) is 8.64. The molecule has 0 heterocycles. The maximum Gasteiger partial charge on any atom is 0.320 e. The average molecular weight is 233 g/mol. The molecule has 0 aliphatic rings. The van der Waals surface area contributed by atoms with Crippen molar-refractivity contribution >= 4 is 5.97 Å². The second kappa shape index (κ2) is 6.56. The monoisotopic (exact) mass is 233 g/mol. The molecule has 4 heteroatoms. The number of hydrogen-bond acceptors (Lipinski definition) is 3. The Hall–Kier alpha value is -1.99. The molecule has 0 aromatic heterocycles. The normalized spacial score (nSPS) is 11.5. The molecule has 0 bridgehead atoms. The van der Waals surface area contributed by atoms with Gasteiger partial charge in [0.15, 0.2) is 0 Å². The molecule has 3 N–H and O–H groups in total. The van der Waals surface area contributed by atoms with Crippen LogP contribution in [0.25, 0.3) is 0 Å². The number of nitrogens with two attached hydrogens (primary N) is 1. The lowest BCUT2D eigenvalue weighted by molar-refractivity contribution is -0.138. The van der Waals surface area contributed by atoms with Crippen LogP contribution in [0.15, 0.2) is 24.3 Å². The zero-order valence-corrected chi connectivity index (χ0v) is 9.43. The van der Waals surface area contributed by atoms with E-state index >= 15 is 0 Å². The van der Waals surface area contributed by atoms with Crippen LogP contribution in [0.5, 0.6) is 5.75 Å². The van der Waals surface area contributed by atoms with Crippen LogP contribution in [0.2, 0.25) is 0 Å². The molecule has 0 fully saturated rings. The van der Waals surface area contributed by atoms with Gasteiger partial charge in [0.25, 0.3) is 0 Å². The zero-order valence-electron chi connectivity index (χ0n) is 9.43. The van der Waals surface area contributed by atoms with Crippen molar-refractivity contribution in [3.05, 3.63) is 29.8 Å². The van der Waals surface area contributed by atoms with Gasteiger partial charge >= 0.3 is 5.97 Å². The second-order valence-corrected chi connectivity index (χ2v) is 3.62. The van der Waals surface area contributed by atoms with Gasteiger partial charge in [-0.15, -0.1) is 6.42 Å². The first-order valence-electron chi connectivity index (χ1n) is 5.27. The number of ether oxygens (including phenoxy) is 1. The third-order valence-corrected chi connectivity index (χ3v) is 2.31. The van der Waals surface area contributed by atoms with Crippen molar-refractivity contribution in [2.75, 3.05) is 6.61 Å². The number of carboxylic acids is 1. The van der Waals surface area contributed by atoms with Crippen molar-refractivity contribution in [1.29, 1.82) is 0 Å². The number of carbonyl (C=O) groups is 1. The first-order valence-corrected chi connectivity index (χ1v) is 5.27. The fourth-order valence-corrected chi connectivity index (χ4v) is 1.32. The van der Waals surface area contributed by atoms with Crippen molar-refractivity contribution in [2.45, 2.75) is 18.9 Å². The van der Waals surface area contributed by atoms with E-state index < -0.39 is 12.0 Å². The van der Waals surface area contributed by atoms with Crippen molar-refractivity contribution < 1.29 is 14.6 Å². The van der Waals surface area contributed by atoms with Gasteiger partial charge in [0.05, 0.1) is 0 Å². The number of hydrogen-bond donors (Lipinski definition) is 2. The molecule has 0 amide bonds. The summed E-state index contributed by atoms with van der Waals surface area (Å²) in [5.74, 6) is 2.11. The summed E-state index contributed by atoms with van der Waals surface area (Å²) in [7, 11) is 0. The molecule has 90 valence electrons. The third kappa shape index (κ3) is 4.58. The lowest BCUT2D eigenvalue weighted by Crippen LogP contribution is -2.30. The highest BCUT2D eigenvalue weighted by Gasteiger charge is 2.10. The van der Waals surface area contributed by atoms with Gasteiger partial charge < -0.3 is 15.6 Å². The van der Waals surface area contributed by atoms with Gasteiger partial charge in [-0.1, -0.05) is 18.1 Å². The smallest absolute Gasteiger partial charge is 0.320 e. The van der Waals surface area contributed by atoms with E-state index in [9.17, 15) is 4.79 Å². The number of aryl methyl sites for hydroxylation is 1. The molecule has 0 radical (unpaired) electrons. The van der Waals surface area contributed by atoms with E-state index in [1.807, 2.05) is 12.1 Å². The lowest BCUT2D eigenvalue weighted by atomic mass is 10.1. The molecule has 1 atom stereocenters. The Bertz CT molecular complexity index is 406. The summed E-state index contributed by atoms with van der Waals surface area (Å²) >= 11 is 0. The minimum atomic E-state index is -0.973. The van der Waals surface area contributed by atoms with Gasteiger partial charge in [0, 0.05) is 0 Å². The van der Waals surface area contributed by atoms with Crippen molar-refractivity contribution in [1.82, 2.24) is 0 Å². The molecule has 4 nitrogen and oxygen atoms in total. The minimum absolute atomic E-state index is 0.239. The molecule has 0 saturated carbocycles. The van der Waals surface area contributed by atoms with Gasteiger partial charge in [0.1, 0.15) is 18.4 Å². The van der Waals surface area contributed by atoms with Crippen LogP contribution in [-0.4, -0.2) is 23.7 Å². The molecule has 0 aliphatic heterocycles. The minimum Gasteiger partial charge on any atom is -0.481 e. The molecular formula is C13H15NO3. The molecule has 0 aliphatic carbocycles. The molecule has 1 unspecified atom stereocenters. The maximum absolute atomic E-state index is 10.5. The largest absolute Gasteiger partial charge is 0.481 e. The zero-order chi connectivity index (χ0) is 12.7. The Balaban J connectivity index is 2.46. The summed E-state index contributed by atoms with van der Waals surface area (Å²) in [4.78, 5) is 10.5. The highest BCUT2D eigenvalue weighted by Crippen LogP contribution is 2.13. The molecule has 17 heavy (non-hydrogen) atoms. The van der Waals surface area contributed by atoms with Crippen LogP contribution in [0.3, 0.4) is 0 Å². The first-order chi connectivity index (χ1) is 8.13. The van der Waals surface area contributed by atoms with Crippen LogP contribution in [0.1, 0.15) is 12.0 Å². The molecule has 1 aromatic rings. The topological polar surface area (TPSA) is 72.5 Å². The second-order valence-electron chi connectivity index (χ2n) is 3.62. The predicted octanol–water partition coefficient (Wildman–Crippen LogP) is 1.04. The van der Waals surface area contributed by atoms with E-state index in [0.717, 1.165) is 5.56 Å². The first kappa shape index (κ1) is 13.1. The average Bonchev–Trinajstić information content (AvgIpc) is 2.34. The van der Waals surface area contributed by atoms with Crippen LogP contribution in [-0.2, 0) is 11.2 Å². The number of carboxylic acid groups (broad SMARTS) is 1. The maximum atomic E-state index is 10.5. The number of rotatable bonds is 6. The Morgan fingerprint density at radius 2 is 2.12 bits per heavy atom. The highest BCUT2D eigenvalue weighted by molar-refractivity contribution is 5.73. The van der Waals surface area contributed by atoms with Crippen molar-refractivity contribution in [3.8, 4) is 18.1 Å². The highest BCUT2D eigenvalue weighted by atomic mass is 16.5. The van der Waals surface area contributed by atoms with Crippen LogP contribution in [0.4, 0.5) is 0 Å². The Kier molecular flexibility index (Phi) is 5.05. The fraction of sp³-hybridized carbons (Fsp3) is 0.308. The Morgan fingerprint density at radius 3 is 2.65 bits per heavy atom. The van der Waals surface area contributed by atoms with Crippen LogP contribution < -0.4 is 10.5 Å². The number of terminal acetylenes is 1. The number of benzene rings is 1. The van der Waals surface area contributed by atoms with E-state index in [2.05, 4.69) is 5.92 Å². The van der Waals surface area contributed by atoms with E-state index in [1.165, 1.54) is 0 Å². The number of aliphatic carboxylic acids is 1. The van der Waals surface area contributed by atoms with Crippen molar-refractivity contribution in [2.24, 2.45) is 5.73 Å². The molecule has 0 saturated heterocycles. The van der Waals surface area contributed by atoms with Gasteiger partial charge in [-0.05, 0) is 30.5 Å². The summed E-state index contributed by atoms with van der Waals surface area (Å²) < 4.78 is 5.22. The summed E-state index contributed by atoms with van der Waals surface area (Å²) in [6, 6.07) is 6.55. The van der Waals surface area contributed by atoms with Gasteiger partial charge in [0.2, 0.25) is 0 Å². The molecule has 1 rings (SSSR count). The predicted molar refractivity (Wildman–Crippen MR) is 64.7 cm³/mol. The Labute approximate surface area is 100 Å². The van der Waals surface area contributed by atoms with E-state index in [-0.39, 0.29) is 6.61 Å². The third-order valence-electron chi connectivity index (χ3n) is 2.31. The standard InChI is InChI=1S/C13H15NO3/c1-2-9-17-11-6-3-10(4-7-11)5-8-12(14)13(15)16/h1,3-4,6-7,12H,5,8-9,14H2,(H,15,16). The lowest BCUT2D eigenvalue weighted by Gasteiger charge is -2.07. The summed E-state index contributed by atoms with van der Waals surface area (Å²) in [5.41, 5.74) is 6.44. The van der Waals surface area contributed by atoms with Gasteiger partial charge in [-0.2, -0.15) is 0 Å². The quantitative estimate of drug-likeness (QED) is 0.720. The molecular weight excluding hydrogens is 218 g/mol. The van der Waals surface area contributed by atoms with Crippen LogP contribution >= 0.6 is 0 Å². The molecule has 1 aromatic carbocycles. The van der Waals surface area contributed by atoms with Crippen LogP contribution in [0, 0.1) is 12.3 Å². The summed E-state index contributed by atoms with van der Waals surface area (Å²) in [6.07, 6.45) is 6.12. The SMILES string of the molecule is C#CCOc1ccc(CCC(N)C(=O)O)cc1. The van der Waals surface area contributed by atoms with E-state index in [0.29, 0.717) is 18.6 Å². The van der Waals surface area contributed by atoms with Gasteiger partial charge in [-0.25, -0.2) is 0 Å².